The van der Waals surface area contributed by atoms with Crippen molar-refractivity contribution in [2.75, 3.05) is 0 Å². The minimum Gasteiger partial charge on any atom is -0.294 e. The first-order chi connectivity index (χ1) is 8.72. The van der Waals surface area contributed by atoms with E-state index in [1.807, 2.05) is 0 Å². The Labute approximate surface area is 111 Å². The summed E-state index contributed by atoms with van der Waals surface area (Å²) in [6.07, 6.45) is 2.80. The molecule has 0 bridgehead atoms. The Morgan fingerprint density at radius 1 is 1.00 bits per heavy atom. The maximum Gasteiger partial charge on any atom is 0.167 e. The van der Waals surface area contributed by atoms with Crippen LogP contribution in [-0.4, -0.2) is 5.78 Å². The van der Waals surface area contributed by atoms with E-state index in [1.54, 1.807) is 24.3 Å². The zero-order valence-corrected chi connectivity index (χ0v) is 10.7. The van der Waals surface area contributed by atoms with Gasteiger partial charge in [-0.05, 0) is 53.8 Å². The van der Waals surface area contributed by atoms with Gasteiger partial charge in [0, 0.05) is 17.0 Å². The first kappa shape index (κ1) is 11.5. The predicted molar refractivity (Wildman–Crippen MR) is 73.3 cm³/mol. The van der Waals surface area contributed by atoms with Crippen LogP contribution >= 0.6 is 11.6 Å². The van der Waals surface area contributed by atoms with E-state index in [4.69, 9.17) is 11.6 Å². The van der Waals surface area contributed by atoms with Gasteiger partial charge in [-0.3, -0.25) is 4.79 Å². The van der Waals surface area contributed by atoms with Crippen molar-refractivity contribution in [3.8, 4) is 0 Å². The number of rotatable bonds is 3. The lowest BCUT2D eigenvalue weighted by Crippen LogP contribution is -2.10. The summed E-state index contributed by atoms with van der Waals surface area (Å²) >= 11 is 5.81. The Morgan fingerprint density at radius 3 is 2.33 bits per heavy atom. The monoisotopic (exact) mass is 256 g/mol. The zero-order valence-electron chi connectivity index (χ0n) is 9.95. The molecule has 90 valence electrons. The highest BCUT2D eigenvalue weighted by molar-refractivity contribution is 6.30. The molecule has 0 heterocycles. The molecule has 2 heteroatoms. The summed E-state index contributed by atoms with van der Waals surface area (Å²) in [7, 11) is 0. The van der Waals surface area contributed by atoms with Crippen LogP contribution in [0.2, 0.25) is 5.02 Å². The molecule has 2 aromatic rings. The SMILES string of the molecule is O=C(Cc1ccc2c(c1)CC2)c1ccc(Cl)cc1. The molecule has 0 radical (unpaired) electrons. The average Bonchev–Trinajstić information content (AvgIpc) is 2.33. The van der Waals surface area contributed by atoms with Gasteiger partial charge < -0.3 is 0 Å². The average molecular weight is 257 g/mol. The van der Waals surface area contributed by atoms with E-state index in [2.05, 4.69) is 18.2 Å². The minimum atomic E-state index is 0.144. The van der Waals surface area contributed by atoms with Crippen LogP contribution in [0.4, 0.5) is 0 Å². The van der Waals surface area contributed by atoms with Gasteiger partial charge in [-0.2, -0.15) is 0 Å². The normalized spacial score (nSPS) is 12.7. The number of fused-ring (bicyclic) bond motifs is 1. The van der Waals surface area contributed by atoms with Crippen molar-refractivity contribution in [3.63, 3.8) is 0 Å². The van der Waals surface area contributed by atoms with Gasteiger partial charge in [0.2, 0.25) is 0 Å². The summed E-state index contributed by atoms with van der Waals surface area (Å²) in [6.45, 7) is 0. The summed E-state index contributed by atoms with van der Waals surface area (Å²) < 4.78 is 0. The minimum absolute atomic E-state index is 0.144. The second kappa shape index (κ2) is 4.58. The molecule has 0 unspecified atom stereocenters. The van der Waals surface area contributed by atoms with Gasteiger partial charge >= 0.3 is 0 Å². The van der Waals surface area contributed by atoms with Crippen LogP contribution in [0, 0.1) is 0 Å². The molecule has 0 aliphatic heterocycles. The van der Waals surface area contributed by atoms with E-state index in [0.29, 0.717) is 11.4 Å². The van der Waals surface area contributed by atoms with Crippen LogP contribution in [0.3, 0.4) is 0 Å². The Hall–Kier alpha value is -1.60. The van der Waals surface area contributed by atoms with Crippen LogP contribution in [0.15, 0.2) is 42.5 Å². The highest BCUT2D eigenvalue weighted by Crippen LogP contribution is 2.24. The van der Waals surface area contributed by atoms with E-state index >= 15 is 0 Å². The van der Waals surface area contributed by atoms with Crippen molar-refractivity contribution in [3.05, 3.63) is 69.7 Å². The number of hydrogen-bond acceptors (Lipinski definition) is 1. The van der Waals surface area contributed by atoms with Gasteiger partial charge in [-0.25, -0.2) is 0 Å². The molecule has 0 saturated heterocycles. The third-order valence-electron chi connectivity index (χ3n) is 3.47. The van der Waals surface area contributed by atoms with Crippen LogP contribution in [0.1, 0.15) is 27.0 Å². The fourth-order valence-electron chi connectivity index (χ4n) is 2.28. The van der Waals surface area contributed by atoms with Crippen molar-refractivity contribution in [1.29, 1.82) is 0 Å². The topological polar surface area (TPSA) is 17.1 Å². The lowest BCUT2D eigenvalue weighted by molar-refractivity contribution is 0.0993. The van der Waals surface area contributed by atoms with Gasteiger partial charge in [-0.1, -0.05) is 29.8 Å². The van der Waals surface area contributed by atoms with Crippen molar-refractivity contribution >= 4 is 17.4 Å². The molecule has 0 fully saturated rings. The molecule has 0 saturated carbocycles. The molecule has 1 nitrogen and oxygen atoms in total. The third-order valence-corrected chi connectivity index (χ3v) is 3.72. The molecule has 18 heavy (non-hydrogen) atoms. The Bertz CT molecular complexity index is 599. The molecule has 2 aromatic carbocycles. The summed E-state index contributed by atoms with van der Waals surface area (Å²) in [5.41, 5.74) is 4.66. The van der Waals surface area contributed by atoms with Crippen LogP contribution < -0.4 is 0 Å². The van der Waals surface area contributed by atoms with Crippen molar-refractivity contribution in [2.24, 2.45) is 0 Å². The quantitative estimate of drug-likeness (QED) is 0.762. The van der Waals surface area contributed by atoms with Gasteiger partial charge in [0.05, 0.1) is 0 Å². The second-order valence-electron chi connectivity index (χ2n) is 4.71. The maximum absolute atomic E-state index is 12.1. The van der Waals surface area contributed by atoms with Crippen LogP contribution in [-0.2, 0) is 19.3 Å². The van der Waals surface area contributed by atoms with Crippen molar-refractivity contribution < 1.29 is 4.79 Å². The number of carbonyl (C=O) groups is 1. The number of hydrogen-bond donors (Lipinski definition) is 0. The van der Waals surface area contributed by atoms with Crippen LogP contribution in [0.25, 0.3) is 0 Å². The zero-order chi connectivity index (χ0) is 12.5. The standard InChI is InChI=1S/C16H13ClO/c17-15-7-5-13(6-8-15)16(18)10-11-1-2-12-3-4-14(12)9-11/h1-2,5-9H,3-4,10H2. The number of Topliss-reactive ketones (excluding diaryl/α,β-unsaturated/α-hetero) is 1. The van der Waals surface area contributed by atoms with E-state index < -0.39 is 0 Å². The van der Waals surface area contributed by atoms with Crippen molar-refractivity contribution in [1.82, 2.24) is 0 Å². The summed E-state index contributed by atoms with van der Waals surface area (Å²) in [5, 5.41) is 0.660. The molecule has 1 aliphatic carbocycles. The lowest BCUT2D eigenvalue weighted by Gasteiger charge is -2.19. The smallest absolute Gasteiger partial charge is 0.167 e. The third kappa shape index (κ3) is 2.19. The van der Waals surface area contributed by atoms with Gasteiger partial charge in [0.15, 0.2) is 5.78 Å². The number of aryl methyl sites for hydroxylation is 2. The molecule has 3 rings (SSSR count). The van der Waals surface area contributed by atoms with Gasteiger partial charge in [0.1, 0.15) is 0 Å². The first-order valence-corrected chi connectivity index (χ1v) is 6.49. The fourth-order valence-corrected chi connectivity index (χ4v) is 2.41. The summed E-state index contributed by atoms with van der Waals surface area (Å²) in [6, 6.07) is 13.4. The number of benzene rings is 2. The summed E-state index contributed by atoms with van der Waals surface area (Å²) in [4.78, 5) is 12.1. The molecule has 0 N–H and O–H groups in total. The Balaban J connectivity index is 1.77. The highest BCUT2D eigenvalue weighted by Gasteiger charge is 2.14. The van der Waals surface area contributed by atoms with Gasteiger partial charge in [-0.15, -0.1) is 0 Å². The number of ketones is 1. The molecule has 0 atom stereocenters. The first-order valence-electron chi connectivity index (χ1n) is 6.12. The molecule has 0 amide bonds. The predicted octanol–water partition coefficient (Wildman–Crippen LogP) is 3.86. The molecule has 0 aromatic heterocycles. The van der Waals surface area contributed by atoms with Gasteiger partial charge in [0.25, 0.3) is 0 Å². The lowest BCUT2D eigenvalue weighted by atomic mass is 9.86. The molecule has 1 aliphatic rings. The fraction of sp³-hybridized carbons (Fsp3) is 0.188. The highest BCUT2D eigenvalue weighted by atomic mass is 35.5. The maximum atomic E-state index is 12.1. The Morgan fingerprint density at radius 2 is 1.72 bits per heavy atom. The number of carbonyl (C=O) groups excluding carboxylic acids is 1. The largest absolute Gasteiger partial charge is 0.294 e. The van der Waals surface area contributed by atoms with Crippen molar-refractivity contribution in [2.45, 2.75) is 19.3 Å². The summed E-state index contributed by atoms with van der Waals surface area (Å²) in [5.74, 6) is 0.144. The van der Waals surface area contributed by atoms with Crippen LogP contribution in [0.5, 0.6) is 0 Å². The molecular formula is C16H13ClO. The number of halogens is 1. The second-order valence-corrected chi connectivity index (χ2v) is 5.15. The molecule has 0 spiro atoms. The van der Waals surface area contributed by atoms with E-state index in [1.165, 1.54) is 17.5 Å². The van der Waals surface area contributed by atoms with E-state index in [0.717, 1.165) is 17.5 Å². The van der Waals surface area contributed by atoms with E-state index in [9.17, 15) is 4.79 Å². The van der Waals surface area contributed by atoms with E-state index in [-0.39, 0.29) is 5.78 Å². The molecular weight excluding hydrogens is 244 g/mol. The Kier molecular flexibility index (Phi) is 2.92.